The van der Waals surface area contributed by atoms with Gasteiger partial charge in [-0.15, -0.1) is 0 Å². The van der Waals surface area contributed by atoms with Crippen molar-refractivity contribution >= 4 is 33.4 Å². The van der Waals surface area contributed by atoms with Crippen LogP contribution in [0.15, 0.2) is 52.5 Å². The van der Waals surface area contributed by atoms with Gasteiger partial charge in [0.05, 0.1) is 10.8 Å². The van der Waals surface area contributed by atoms with E-state index >= 15 is 0 Å². The minimum atomic E-state index is -3.49. The third-order valence-corrected chi connectivity index (χ3v) is 6.25. The number of sulfonamides is 1. The Kier molecular flexibility index (Phi) is 6.57. The van der Waals surface area contributed by atoms with Gasteiger partial charge in [0.2, 0.25) is 15.9 Å². The summed E-state index contributed by atoms with van der Waals surface area (Å²) in [6.45, 7) is 2.03. The van der Waals surface area contributed by atoms with Crippen LogP contribution in [0.3, 0.4) is 0 Å². The summed E-state index contributed by atoms with van der Waals surface area (Å²) in [5, 5.41) is 3.49. The van der Waals surface area contributed by atoms with Crippen LogP contribution in [-0.2, 0) is 21.2 Å². The average Bonchev–Trinajstić information content (AvgIpc) is 2.60. The van der Waals surface area contributed by atoms with Crippen LogP contribution >= 0.6 is 11.8 Å². The molecule has 1 N–H and O–H groups in total. The first kappa shape index (κ1) is 19.4. The number of nitrogens with one attached hydrogen (secondary N) is 1. The molecule has 6 nitrogen and oxygen atoms in total. The van der Waals surface area contributed by atoms with E-state index in [0.717, 1.165) is 22.0 Å². The molecule has 0 aliphatic rings. The van der Waals surface area contributed by atoms with Gasteiger partial charge in [-0.2, -0.15) is 0 Å². The normalized spacial score (nSPS) is 11.5. The van der Waals surface area contributed by atoms with Gasteiger partial charge in [0.25, 0.3) is 0 Å². The number of thioether (sulfide) groups is 1. The average molecular weight is 380 g/mol. The lowest BCUT2D eigenvalue weighted by Crippen LogP contribution is -2.22. The molecule has 0 saturated carbocycles. The molecule has 1 aromatic heterocycles. The lowest BCUT2D eigenvalue weighted by atomic mass is 10.1. The molecule has 0 aliphatic carbocycles. The molecule has 8 heteroatoms. The smallest absolute Gasteiger partial charge is 0.244 e. The van der Waals surface area contributed by atoms with Crippen LogP contribution in [0.4, 0.5) is 5.69 Å². The number of carbonyl (C=O) groups excluding carboxylic acids is 1. The van der Waals surface area contributed by atoms with Crippen molar-refractivity contribution in [3.05, 3.63) is 48.2 Å². The maximum Gasteiger partial charge on any atom is 0.244 e. The van der Waals surface area contributed by atoms with E-state index in [4.69, 9.17) is 0 Å². The number of rotatable bonds is 7. The first-order valence-corrected chi connectivity index (χ1v) is 10.2. The number of carbonyl (C=O) groups is 1. The number of nitrogens with zero attached hydrogens (tertiary/aromatic N) is 2. The van der Waals surface area contributed by atoms with E-state index in [2.05, 4.69) is 10.3 Å². The number of amides is 1. The van der Waals surface area contributed by atoms with Crippen molar-refractivity contribution in [3.8, 4) is 0 Å². The van der Waals surface area contributed by atoms with Gasteiger partial charge in [0.1, 0.15) is 4.90 Å². The van der Waals surface area contributed by atoms with Gasteiger partial charge in [0.15, 0.2) is 0 Å². The number of hydrogen-bond donors (Lipinski definition) is 1. The molecular formula is C17H21N3O3S2. The highest BCUT2D eigenvalue weighted by Gasteiger charge is 2.17. The zero-order chi connectivity index (χ0) is 18.4. The first-order valence-electron chi connectivity index (χ1n) is 7.73. The van der Waals surface area contributed by atoms with Gasteiger partial charge in [-0.3, -0.25) is 4.79 Å². The third kappa shape index (κ3) is 5.04. The van der Waals surface area contributed by atoms with E-state index in [1.54, 1.807) is 6.07 Å². The number of aryl methyl sites for hydroxylation is 1. The monoisotopic (exact) mass is 379 g/mol. The van der Waals surface area contributed by atoms with Crippen LogP contribution in [0.25, 0.3) is 0 Å². The first-order chi connectivity index (χ1) is 11.8. The molecule has 2 rings (SSSR count). The fourth-order valence-corrected chi connectivity index (χ4v) is 3.58. The Balaban J connectivity index is 1.96. The van der Waals surface area contributed by atoms with E-state index < -0.39 is 10.0 Å². The molecule has 2 aromatic rings. The summed E-state index contributed by atoms with van der Waals surface area (Å²) in [5.74, 6) is 0.0721. The van der Waals surface area contributed by atoms with Crippen LogP contribution in [0.2, 0.25) is 0 Å². The van der Waals surface area contributed by atoms with Crippen molar-refractivity contribution in [2.45, 2.75) is 23.3 Å². The standard InChI is InChI=1S/C17H21N3O3S2/c1-4-13-7-5-6-8-15(13)19-16(21)12-24-17-10-9-14(11-18-17)25(22,23)20(2)3/h5-11H,4,12H2,1-3H3,(H,19,21). The quantitative estimate of drug-likeness (QED) is 0.748. The van der Waals surface area contributed by atoms with Crippen LogP contribution in [0.5, 0.6) is 0 Å². The van der Waals surface area contributed by atoms with Gasteiger partial charge in [-0.25, -0.2) is 17.7 Å². The topological polar surface area (TPSA) is 79.4 Å². The second-order valence-electron chi connectivity index (χ2n) is 5.47. The van der Waals surface area contributed by atoms with Crippen molar-refractivity contribution in [3.63, 3.8) is 0 Å². The zero-order valence-corrected chi connectivity index (χ0v) is 16.0. The second kappa shape index (κ2) is 8.46. The molecule has 0 aliphatic heterocycles. The highest BCUT2D eigenvalue weighted by molar-refractivity contribution is 7.99. The van der Waals surface area contributed by atoms with Crippen molar-refractivity contribution in [2.75, 3.05) is 25.2 Å². The van der Waals surface area contributed by atoms with Gasteiger partial charge in [-0.05, 0) is 30.2 Å². The predicted octanol–water partition coefficient (Wildman–Crippen LogP) is 2.63. The lowest BCUT2D eigenvalue weighted by molar-refractivity contribution is -0.113. The maximum atomic E-state index is 12.1. The number of pyridine rings is 1. The molecule has 1 heterocycles. The molecule has 0 unspecified atom stereocenters. The van der Waals surface area contributed by atoms with Crippen LogP contribution < -0.4 is 5.32 Å². The minimum absolute atomic E-state index is 0.127. The number of hydrogen-bond acceptors (Lipinski definition) is 5. The number of benzene rings is 1. The lowest BCUT2D eigenvalue weighted by Gasteiger charge is -2.11. The van der Waals surface area contributed by atoms with Crippen molar-refractivity contribution in [1.82, 2.24) is 9.29 Å². The zero-order valence-electron chi connectivity index (χ0n) is 14.4. The summed E-state index contributed by atoms with van der Waals surface area (Å²) < 4.78 is 25.1. The molecule has 134 valence electrons. The Morgan fingerprint density at radius 1 is 1.20 bits per heavy atom. The summed E-state index contributed by atoms with van der Waals surface area (Å²) in [5.41, 5.74) is 1.90. The Hall–Kier alpha value is -1.90. The fraction of sp³-hybridized carbons (Fsp3) is 0.294. The second-order valence-corrected chi connectivity index (χ2v) is 8.61. The summed E-state index contributed by atoms with van der Waals surface area (Å²) >= 11 is 1.26. The summed E-state index contributed by atoms with van der Waals surface area (Å²) in [6.07, 6.45) is 2.15. The highest BCUT2D eigenvalue weighted by Crippen LogP contribution is 2.20. The molecule has 25 heavy (non-hydrogen) atoms. The highest BCUT2D eigenvalue weighted by atomic mass is 32.2. The van der Waals surface area contributed by atoms with Crippen molar-refractivity contribution in [2.24, 2.45) is 0 Å². The van der Waals surface area contributed by atoms with E-state index in [9.17, 15) is 13.2 Å². The van der Waals surface area contributed by atoms with Crippen LogP contribution in [0.1, 0.15) is 12.5 Å². The maximum absolute atomic E-state index is 12.1. The van der Waals surface area contributed by atoms with Gasteiger partial charge < -0.3 is 5.32 Å². The third-order valence-electron chi connectivity index (χ3n) is 3.51. The SMILES string of the molecule is CCc1ccccc1NC(=O)CSc1ccc(S(=O)(=O)N(C)C)cn1. The Morgan fingerprint density at radius 2 is 1.92 bits per heavy atom. The summed E-state index contributed by atoms with van der Waals surface area (Å²) in [7, 11) is -0.554. The molecular weight excluding hydrogens is 358 g/mol. The number of aromatic nitrogens is 1. The molecule has 0 spiro atoms. The Labute approximate surface area is 152 Å². The number of para-hydroxylation sites is 1. The molecule has 0 fully saturated rings. The van der Waals surface area contributed by atoms with Crippen LogP contribution in [0, 0.1) is 0 Å². The molecule has 1 aromatic carbocycles. The minimum Gasteiger partial charge on any atom is -0.325 e. The molecule has 1 amide bonds. The van der Waals surface area contributed by atoms with Crippen LogP contribution in [-0.4, -0.2) is 43.5 Å². The van der Waals surface area contributed by atoms with E-state index in [-0.39, 0.29) is 16.6 Å². The fourth-order valence-electron chi connectivity index (χ4n) is 2.09. The predicted molar refractivity (Wildman–Crippen MR) is 100 cm³/mol. The largest absolute Gasteiger partial charge is 0.325 e. The molecule has 0 radical (unpaired) electrons. The molecule has 0 atom stereocenters. The van der Waals surface area contributed by atoms with Crippen molar-refractivity contribution < 1.29 is 13.2 Å². The van der Waals surface area contributed by atoms with Crippen molar-refractivity contribution in [1.29, 1.82) is 0 Å². The van der Waals surface area contributed by atoms with E-state index in [1.807, 2.05) is 31.2 Å². The summed E-state index contributed by atoms with van der Waals surface area (Å²) in [4.78, 5) is 16.4. The Bertz CT molecular complexity index is 834. The van der Waals surface area contributed by atoms with E-state index in [0.29, 0.717) is 5.03 Å². The van der Waals surface area contributed by atoms with Gasteiger partial charge >= 0.3 is 0 Å². The van der Waals surface area contributed by atoms with Gasteiger partial charge in [-0.1, -0.05) is 36.9 Å². The molecule has 0 saturated heterocycles. The summed E-state index contributed by atoms with van der Waals surface area (Å²) in [6, 6.07) is 10.8. The number of anilines is 1. The van der Waals surface area contributed by atoms with Gasteiger partial charge in [0, 0.05) is 26.0 Å². The Morgan fingerprint density at radius 3 is 2.52 bits per heavy atom. The van der Waals surface area contributed by atoms with E-state index in [1.165, 1.54) is 38.1 Å². The molecule has 0 bridgehead atoms.